The molecule has 0 bridgehead atoms. The van der Waals surface area contributed by atoms with Crippen LogP contribution >= 0.6 is 0 Å². The van der Waals surface area contributed by atoms with Crippen LogP contribution in [0.15, 0.2) is 41.6 Å². The summed E-state index contributed by atoms with van der Waals surface area (Å²) in [5.74, 6) is 0.483. The predicted molar refractivity (Wildman–Crippen MR) is 93.8 cm³/mol. The number of anilines is 2. The number of aromatic amines is 2. The Morgan fingerprint density at radius 1 is 1.12 bits per heavy atom. The molecule has 0 radical (unpaired) electrons. The fraction of sp³-hybridized carbons (Fsp3) is 0.250. The SMILES string of the molecule is O=C(Nc1ccncn1)N1CCN(c2cccc3[nH]c(=O)[nH]c23)CC1. The van der Waals surface area contributed by atoms with Gasteiger partial charge in [-0.25, -0.2) is 19.6 Å². The number of nitrogens with zero attached hydrogens (tertiary/aromatic N) is 4. The highest BCUT2D eigenvalue weighted by Gasteiger charge is 2.23. The number of amides is 2. The van der Waals surface area contributed by atoms with Gasteiger partial charge in [0.25, 0.3) is 0 Å². The molecule has 4 rings (SSSR count). The number of benzene rings is 1. The van der Waals surface area contributed by atoms with E-state index >= 15 is 0 Å². The number of rotatable bonds is 2. The van der Waals surface area contributed by atoms with Gasteiger partial charge in [0.2, 0.25) is 0 Å². The summed E-state index contributed by atoms with van der Waals surface area (Å²) in [5.41, 5.74) is 2.33. The van der Waals surface area contributed by atoms with E-state index in [1.165, 1.54) is 6.33 Å². The molecule has 2 aromatic heterocycles. The number of urea groups is 1. The summed E-state index contributed by atoms with van der Waals surface area (Å²) in [6, 6.07) is 7.23. The minimum Gasteiger partial charge on any atom is -0.366 e. The van der Waals surface area contributed by atoms with Crippen LogP contribution in [0.2, 0.25) is 0 Å². The number of nitrogens with one attached hydrogen (secondary N) is 3. The van der Waals surface area contributed by atoms with Crippen LogP contribution in [0.5, 0.6) is 0 Å². The number of hydrogen-bond acceptors (Lipinski definition) is 5. The highest BCUT2D eigenvalue weighted by Crippen LogP contribution is 2.24. The number of carbonyl (C=O) groups is 1. The van der Waals surface area contributed by atoms with E-state index in [4.69, 9.17) is 0 Å². The van der Waals surface area contributed by atoms with Crippen LogP contribution in [0.25, 0.3) is 11.0 Å². The Morgan fingerprint density at radius 2 is 1.96 bits per heavy atom. The molecule has 1 fully saturated rings. The summed E-state index contributed by atoms with van der Waals surface area (Å²) in [6.45, 7) is 2.54. The quantitative estimate of drug-likeness (QED) is 0.645. The van der Waals surface area contributed by atoms with Crippen molar-refractivity contribution in [3.63, 3.8) is 0 Å². The van der Waals surface area contributed by atoms with Gasteiger partial charge in [-0.3, -0.25) is 5.32 Å². The predicted octanol–water partition coefficient (Wildman–Crippen LogP) is 1.00. The summed E-state index contributed by atoms with van der Waals surface area (Å²) >= 11 is 0. The first-order chi connectivity index (χ1) is 12.2. The van der Waals surface area contributed by atoms with Crippen LogP contribution in [0, 0.1) is 0 Å². The Hall–Kier alpha value is -3.36. The van der Waals surface area contributed by atoms with E-state index in [9.17, 15) is 9.59 Å². The molecule has 0 saturated carbocycles. The fourth-order valence-corrected chi connectivity index (χ4v) is 3.01. The molecule has 0 aliphatic carbocycles. The normalized spacial score (nSPS) is 14.7. The fourth-order valence-electron chi connectivity index (χ4n) is 3.01. The number of carbonyl (C=O) groups excluding carboxylic acids is 1. The van der Waals surface area contributed by atoms with E-state index < -0.39 is 0 Å². The average molecular weight is 339 g/mol. The lowest BCUT2D eigenvalue weighted by atomic mass is 10.2. The van der Waals surface area contributed by atoms with E-state index in [1.54, 1.807) is 17.2 Å². The number of para-hydroxylation sites is 1. The molecule has 1 aromatic carbocycles. The molecule has 0 spiro atoms. The third kappa shape index (κ3) is 3.03. The van der Waals surface area contributed by atoms with Crippen molar-refractivity contribution < 1.29 is 4.79 Å². The van der Waals surface area contributed by atoms with E-state index in [2.05, 4.69) is 30.2 Å². The lowest BCUT2D eigenvalue weighted by Gasteiger charge is -2.36. The third-order valence-corrected chi connectivity index (χ3v) is 4.25. The Labute approximate surface area is 142 Å². The van der Waals surface area contributed by atoms with Crippen LogP contribution in [-0.2, 0) is 0 Å². The first-order valence-electron chi connectivity index (χ1n) is 7.98. The minimum absolute atomic E-state index is 0.174. The second-order valence-electron chi connectivity index (χ2n) is 5.78. The van der Waals surface area contributed by atoms with E-state index in [0.717, 1.165) is 16.7 Å². The molecule has 2 amide bonds. The zero-order valence-corrected chi connectivity index (χ0v) is 13.4. The molecule has 1 aliphatic heterocycles. The maximum Gasteiger partial charge on any atom is 0.323 e. The molecule has 0 atom stereocenters. The average Bonchev–Trinajstić information content (AvgIpc) is 3.03. The summed E-state index contributed by atoms with van der Waals surface area (Å²) in [7, 11) is 0. The Morgan fingerprint density at radius 3 is 2.72 bits per heavy atom. The van der Waals surface area contributed by atoms with Crippen molar-refractivity contribution in [1.82, 2.24) is 24.8 Å². The van der Waals surface area contributed by atoms with Crippen LogP contribution in [-0.4, -0.2) is 57.0 Å². The Balaban J connectivity index is 1.44. The first kappa shape index (κ1) is 15.2. The van der Waals surface area contributed by atoms with Gasteiger partial charge < -0.3 is 19.8 Å². The van der Waals surface area contributed by atoms with Crippen molar-refractivity contribution in [2.24, 2.45) is 0 Å². The summed E-state index contributed by atoms with van der Waals surface area (Å²) in [6.07, 6.45) is 2.98. The highest BCUT2D eigenvalue weighted by molar-refractivity contribution is 5.90. The molecule has 9 heteroatoms. The number of fused-ring (bicyclic) bond motifs is 1. The molecular formula is C16H17N7O2. The maximum absolute atomic E-state index is 12.3. The van der Waals surface area contributed by atoms with Crippen molar-refractivity contribution in [3.05, 3.63) is 47.3 Å². The zero-order chi connectivity index (χ0) is 17.2. The molecule has 3 aromatic rings. The van der Waals surface area contributed by atoms with Crippen molar-refractivity contribution in [2.45, 2.75) is 0 Å². The first-order valence-corrected chi connectivity index (χ1v) is 7.98. The van der Waals surface area contributed by atoms with Crippen LogP contribution in [0.4, 0.5) is 16.3 Å². The van der Waals surface area contributed by atoms with Gasteiger partial charge in [0, 0.05) is 32.4 Å². The number of H-pyrrole nitrogens is 2. The highest BCUT2D eigenvalue weighted by atomic mass is 16.2. The minimum atomic E-state index is -0.217. The van der Waals surface area contributed by atoms with Gasteiger partial charge in [-0.1, -0.05) is 6.07 Å². The van der Waals surface area contributed by atoms with Gasteiger partial charge in [0.05, 0.1) is 16.7 Å². The van der Waals surface area contributed by atoms with E-state index in [-0.39, 0.29) is 11.7 Å². The topological polar surface area (TPSA) is 110 Å². The number of hydrogen-bond donors (Lipinski definition) is 3. The monoisotopic (exact) mass is 339 g/mol. The maximum atomic E-state index is 12.3. The van der Waals surface area contributed by atoms with Crippen LogP contribution in [0.3, 0.4) is 0 Å². The number of aromatic nitrogens is 4. The van der Waals surface area contributed by atoms with Gasteiger partial charge in [0.1, 0.15) is 12.1 Å². The van der Waals surface area contributed by atoms with Gasteiger partial charge in [-0.15, -0.1) is 0 Å². The molecule has 0 unspecified atom stereocenters. The lowest BCUT2D eigenvalue weighted by molar-refractivity contribution is 0.208. The van der Waals surface area contributed by atoms with Gasteiger partial charge in [0.15, 0.2) is 0 Å². The van der Waals surface area contributed by atoms with Gasteiger partial charge >= 0.3 is 11.7 Å². The molecule has 1 aliphatic rings. The van der Waals surface area contributed by atoms with E-state index in [0.29, 0.717) is 32.0 Å². The van der Waals surface area contributed by atoms with Crippen molar-refractivity contribution in [3.8, 4) is 0 Å². The lowest BCUT2D eigenvalue weighted by Crippen LogP contribution is -2.50. The summed E-state index contributed by atoms with van der Waals surface area (Å²) in [5, 5.41) is 2.76. The number of piperazine rings is 1. The zero-order valence-electron chi connectivity index (χ0n) is 13.4. The van der Waals surface area contributed by atoms with Crippen molar-refractivity contribution >= 4 is 28.6 Å². The van der Waals surface area contributed by atoms with Crippen molar-refractivity contribution in [1.29, 1.82) is 0 Å². The van der Waals surface area contributed by atoms with Gasteiger partial charge in [-0.2, -0.15) is 0 Å². The Bertz CT molecular complexity index is 942. The van der Waals surface area contributed by atoms with Crippen LogP contribution in [0.1, 0.15) is 0 Å². The molecular weight excluding hydrogens is 322 g/mol. The molecule has 1 saturated heterocycles. The molecule has 128 valence electrons. The molecule has 3 heterocycles. The second kappa shape index (κ2) is 6.27. The molecule has 25 heavy (non-hydrogen) atoms. The number of imidazole rings is 1. The summed E-state index contributed by atoms with van der Waals surface area (Å²) in [4.78, 5) is 41.2. The van der Waals surface area contributed by atoms with Crippen LogP contribution < -0.4 is 15.9 Å². The van der Waals surface area contributed by atoms with Gasteiger partial charge in [-0.05, 0) is 18.2 Å². The standard InChI is InChI=1S/C16H17N7O2/c24-15-19-11-2-1-3-12(14(11)21-15)22-6-8-23(9-7-22)16(25)20-13-4-5-17-10-18-13/h1-5,10H,6-9H2,(H2,19,21,24)(H,17,18,20,25). The largest absolute Gasteiger partial charge is 0.366 e. The smallest absolute Gasteiger partial charge is 0.323 e. The second-order valence-corrected chi connectivity index (χ2v) is 5.78. The Kier molecular flexibility index (Phi) is 3.81. The van der Waals surface area contributed by atoms with Crippen molar-refractivity contribution in [2.75, 3.05) is 36.4 Å². The third-order valence-electron chi connectivity index (χ3n) is 4.25. The van der Waals surface area contributed by atoms with E-state index in [1.807, 2.05) is 18.2 Å². The summed E-state index contributed by atoms with van der Waals surface area (Å²) < 4.78 is 0. The molecule has 9 nitrogen and oxygen atoms in total. The molecule has 3 N–H and O–H groups in total.